The van der Waals surface area contributed by atoms with Gasteiger partial charge in [-0.3, -0.25) is 4.57 Å². The van der Waals surface area contributed by atoms with E-state index in [-0.39, 0.29) is 11.6 Å². The van der Waals surface area contributed by atoms with Crippen molar-refractivity contribution in [1.82, 2.24) is 19.0 Å². The van der Waals surface area contributed by atoms with E-state index in [1.54, 1.807) is 6.21 Å². The molecule has 30 heavy (non-hydrogen) atoms. The Kier molecular flexibility index (Phi) is 8.71. The summed E-state index contributed by atoms with van der Waals surface area (Å²) in [6, 6.07) is 9.59. The second-order valence-electron chi connectivity index (χ2n) is 8.19. The molecular weight excluding hydrogens is 378 g/mol. The van der Waals surface area contributed by atoms with E-state index in [9.17, 15) is 9.90 Å². The van der Waals surface area contributed by atoms with Crippen LogP contribution < -0.4 is 5.69 Å². The molecule has 7 nitrogen and oxygen atoms in total. The molecule has 1 fully saturated rings. The molecule has 3 rings (SSSR count). The van der Waals surface area contributed by atoms with E-state index < -0.39 is 0 Å². The summed E-state index contributed by atoms with van der Waals surface area (Å²) in [7, 11) is 2.19. The molecule has 0 spiro atoms. The number of hydrogen-bond acceptors (Lipinski definition) is 5. The fourth-order valence-electron chi connectivity index (χ4n) is 3.80. The van der Waals surface area contributed by atoms with Crippen molar-refractivity contribution in [3.05, 3.63) is 52.6 Å². The maximum atomic E-state index is 12.4. The van der Waals surface area contributed by atoms with Crippen molar-refractivity contribution in [3.63, 3.8) is 0 Å². The minimum atomic E-state index is -0.299. The van der Waals surface area contributed by atoms with Crippen LogP contribution in [0, 0.1) is 0 Å². The minimum Gasteiger partial charge on any atom is -0.493 e. The molecule has 7 heteroatoms. The number of hydrogen-bond donors (Lipinski definition) is 1. The summed E-state index contributed by atoms with van der Waals surface area (Å²) in [5.74, 6) is -0.0302. The van der Waals surface area contributed by atoms with E-state index in [2.05, 4.69) is 21.9 Å². The normalized spacial score (nSPS) is 15.9. The van der Waals surface area contributed by atoms with Crippen molar-refractivity contribution >= 4 is 6.21 Å². The lowest BCUT2D eigenvalue weighted by atomic mass is 10.1. The Labute approximate surface area is 179 Å². The summed E-state index contributed by atoms with van der Waals surface area (Å²) in [6.45, 7) is 6.51. The van der Waals surface area contributed by atoms with Crippen LogP contribution in [0.2, 0.25) is 0 Å². The Morgan fingerprint density at radius 1 is 0.933 bits per heavy atom. The number of unbranched alkanes of at least 4 members (excludes halogenated alkanes) is 5. The van der Waals surface area contributed by atoms with Crippen molar-refractivity contribution in [1.29, 1.82) is 0 Å². The molecule has 0 radical (unpaired) electrons. The fraction of sp³-hybridized carbons (Fsp3) is 0.565. The average Bonchev–Trinajstić information content (AvgIpc) is 3.03. The Bertz CT molecular complexity index is 835. The number of benzene rings is 1. The maximum absolute atomic E-state index is 12.4. The van der Waals surface area contributed by atoms with Crippen LogP contribution in [0.5, 0.6) is 5.88 Å². The van der Waals surface area contributed by atoms with Crippen molar-refractivity contribution in [2.45, 2.75) is 45.1 Å². The van der Waals surface area contributed by atoms with Gasteiger partial charge in [-0.05, 0) is 32.0 Å². The molecule has 1 aromatic carbocycles. The van der Waals surface area contributed by atoms with Crippen LogP contribution in [0.25, 0.3) is 0 Å². The van der Waals surface area contributed by atoms with Gasteiger partial charge in [0, 0.05) is 32.7 Å². The highest BCUT2D eigenvalue weighted by Crippen LogP contribution is 2.11. The molecule has 0 atom stereocenters. The van der Waals surface area contributed by atoms with Crippen LogP contribution in [0.1, 0.15) is 44.1 Å². The van der Waals surface area contributed by atoms with Gasteiger partial charge in [0.05, 0.1) is 12.4 Å². The maximum Gasteiger partial charge on any atom is 0.351 e. The van der Waals surface area contributed by atoms with Gasteiger partial charge in [-0.1, -0.05) is 56.0 Å². The molecule has 0 saturated carbocycles. The zero-order chi connectivity index (χ0) is 21.2. The molecule has 0 amide bonds. The number of imidazole rings is 1. The summed E-state index contributed by atoms with van der Waals surface area (Å²) in [4.78, 5) is 17.4. The molecule has 1 saturated heterocycles. The first-order valence-electron chi connectivity index (χ1n) is 11.1. The third-order valence-electron chi connectivity index (χ3n) is 5.77. The number of aromatic nitrogens is 2. The zero-order valence-corrected chi connectivity index (χ0v) is 18.1. The van der Waals surface area contributed by atoms with Crippen LogP contribution in [-0.2, 0) is 6.54 Å². The van der Waals surface area contributed by atoms with Gasteiger partial charge in [-0.15, -0.1) is 0 Å². The van der Waals surface area contributed by atoms with Crippen LogP contribution in [-0.4, -0.2) is 70.1 Å². The van der Waals surface area contributed by atoms with Gasteiger partial charge < -0.3 is 14.9 Å². The van der Waals surface area contributed by atoms with Gasteiger partial charge in [0.15, 0.2) is 0 Å². The van der Waals surface area contributed by atoms with Crippen LogP contribution in [0.4, 0.5) is 0 Å². The summed E-state index contributed by atoms with van der Waals surface area (Å²) in [5.41, 5.74) is 0.608. The number of aromatic hydroxyl groups is 1. The van der Waals surface area contributed by atoms with E-state index in [4.69, 9.17) is 0 Å². The second kappa shape index (κ2) is 11.7. The Hall–Kier alpha value is -2.38. The SMILES string of the molecule is CN1CCN(CCCCCCCCn2c(O)cn(N=Cc3ccccc3)c2=O)CC1. The van der Waals surface area contributed by atoms with Crippen LogP contribution in [0.15, 0.2) is 46.4 Å². The van der Waals surface area contributed by atoms with Crippen molar-refractivity contribution in [2.24, 2.45) is 5.10 Å². The third-order valence-corrected chi connectivity index (χ3v) is 5.77. The monoisotopic (exact) mass is 413 g/mol. The van der Waals surface area contributed by atoms with Gasteiger partial charge in [0.1, 0.15) is 0 Å². The highest BCUT2D eigenvalue weighted by molar-refractivity contribution is 5.79. The molecule has 1 aliphatic heterocycles. The summed E-state index contributed by atoms with van der Waals surface area (Å²) >= 11 is 0. The summed E-state index contributed by atoms with van der Waals surface area (Å²) < 4.78 is 2.59. The second-order valence-corrected chi connectivity index (χ2v) is 8.19. The first-order valence-corrected chi connectivity index (χ1v) is 11.1. The lowest BCUT2D eigenvalue weighted by molar-refractivity contribution is 0.152. The molecule has 164 valence electrons. The Balaban J connectivity index is 1.32. The largest absolute Gasteiger partial charge is 0.493 e. The highest BCUT2D eigenvalue weighted by atomic mass is 16.3. The molecule has 1 aromatic heterocycles. The summed E-state index contributed by atoms with van der Waals surface area (Å²) in [5, 5.41) is 14.3. The summed E-state index contributed by atoms with van der Waals surface area (Å²) in [6.07, 6.45) is 9.89. The fourth-order valence-corrected chi connectivity index (χ4v) is 3.80. The Morgan fingerprint density at radius 2 is 1.57 bits per heavy atom. The van der Waals surface area contributed by atoms with Crippen LogP contribution >= 0.6 is 0 Å². The van der Waals surface area contributed by atoms with Gasteiger partial charge in [-0.2, -0.15) is 9.78 Å². The van der Waals surface area contributed by atoms with E-state index in [1.807, 2.05) is 30.3 Å². The topological polar surface area (TPSA) is 66.0 Å². The van der Waals surface area contributed by atoms with E-state index in [1.165, 1.54) is 73.8 Å². The number of piperazine rings is 1. The van der Waals surface area contributed by atoms with Crippen LogP contribution in [0.3, 0.4) is 0 Å². The quantitative estimate of drug-likeness (QED) is 0.454. The molecule has 2 heterocycles. The average molecular weight is 414 g/mol. The van der Waals surface area contributed by atoms with Crippen molar-refractivity contribution in [3.8, 4) is 5.88 Å². The first-order chi connectivity index (χ1) is 14.6. The molecule has 1 N–H and O–H groups in total. The smallest absolute Gasteiger partial charge is 0.351 e. The lowest BCUT2D eigenvalue weighted by Gasteiger charge is -2.32. The lowest BCUT2D eigenvalue weighted by Crippen LogP contribution is -2.44. The van der Waals surface area contributed by atoms with E-state index >= 15 is 0 Å². The molecule has 0 bridgehead atoms. The Morgan fingerprint density at radius 3 is 2.27 bits per heavy atom. The van der Waals surface area contributed by atoms with Gasteiger partial charge >= 0.3 is 5.69 Å². The highest BCUT2D eigenvalue weighted by Gasteiger charge is 2.12. The first kappa shape index (κ1) is 22.3. The predicted octanol–water partition coefficient (Wildman–Crippen LogP) is 2.83. The number of nitrogens with zero attached hydrogens (tertiary/aromatic N) is 5. The number of likely N-dealkylation sites (N-methyl/N-ethyl adjacent to an activating group) is 1. The molecule has 0 unspecified atom stereocenters. The van der Waals surface area contributed by atoms with Gasteiger partial charge in [-0.25, -0.2) is 4.79 Å². The van der Waals surface area contributed by atoms with Crippen molar-refractivity contribution < 1.29 is 5.11 Å². The predicted molar refractivity (Wildman–Crippen MR) is 121 cm³/mol. The third kappa shape index (κ3) is 6.85. The standard InChI is InChI=1S/C23H35N5O2/c1-25-15-17-26(18-16-25)13-9-4-2-3-5-10-14-27-22(29)20-28(23(27)30)24-19-21-11-7-6-8-12-21/h6-8,11-12,19-20,29H,2-5,9-10,13-18H2,1H3. The number of rotatable bonds is 11. The zero-order valence-electron chi connectivity index (χ0n) is 18.1. The molecule has 0 aliphatic carbocycles. The molecular formula is C23H35N5O2. The molecule has 1 aliphatic rings. The molecule has 2 aromatic rings. The van der Waals surface area contributed by atoms with Gasteiger partial charge in [0.25, 0.3) is 0 Å². The van der Waals surface area contributed by atoms with E-state index in [0.717, 1.165) is 18.4 Å². The van der Waals surface area contributed by atoms with E-state index in [0.29, 0.717) is 6.54 Å². The van der Waals surface area contributed by atoms with Gasteiger partial charge in [0.2, 0.25) is 5.88 Å². The minimum absolute atomic E-state index is 0.0302. The van der Waals surface area contributed by atoms with Crippen molar-refractivity contribution in [2.75, 3.05) is 39.8 Å².